The van der Waals surface area contributed by atoms with Crippen LogP contribution in [0.25, 0.3) is 0 Å². The van der Waals surface area contributed by atoms with Crippen molar-refractivity contribution in [2.75, 3.05) is 19.0 Å². The Morgan fingerprint density at radius 2 is 1.84 bits per heavy atom. The number of rotatable bonds is 6. The molecule has 1 atom stereocenters. The van der Waals surface area contributed by atoms with Crippen LogP contribution in [0.4, 0.5) is 5.69 Å². The van der Waals surface area contributed by atoms with Crippen LogP contribution in [0.2, 0.25) is 0 Å². The van der Waals surface area contributed by atoms with E-state index < -0.39 is 12.0 Å². The van der Waals surface area contributed by atoms with Crippen molar-refractivity contribution in [1.29, 1.82) is 0 Å². The third kappa shape index (κ3) is 4.99. The van der Waals surface area contributed by atoms with Crippen LogP contribution in [0.3, 0.4) is 0 Å². The van der Waals surface area contributed by atoms with Gasteiger partial charge in [-0.15, -0.1) is 0 Å². The maximum Gasteiger partial charge on any atom is 0.325 e. The molecule has 0 fully saturated rings. The number of hydrogen-bond donors (Lipinski definition) is 2. The van der Waals surface area contributed by atoms with Crippen LogP contribution in [0.1, 0.15) is 18.9 Å². The van der Waals surface area contributed by atoms with E-state index in [1.54, 1.807) is 0 Å². The average molecular weight is 264 g/mol. The van der Waals surface area contributed by atoms with E-state index in [1.165, 1.54) is 6.92 Å². The number of amides is 1. The fraction of sp³-hybridized carbons (Fsp3) is 0.429. The van der Waals surface area contributed by atoms with Gasteiger partial charge >= 0.3 is 5.97 Å². The highest BCUT2D eigenvalue weighted by Crippen LogP contribution is 2.13. The lowest BCUT2D eigenvalue weighted by Gasteiger charge is -2.13. The van der Waals surface area contributed by atoms with Gasteiger partial charge in [-0.05, 0) is 31.0 Å². The number of hydrogen-bond acceptors (Lipinski definition) is 3. The molecule has 5 heteroatoms. The van der Waals surface area contributed by atoms with Gasteiger partial charge in [0.05, 0.1) is 0 Å². The Labute approximate surface area is 113 Å². The van der Waals surface area contributed by atoms with Gasteiger partial charge in [-0.2, -0.15) is 0 Å². The number of carboxylic acid groups (broad SMARTS) is 1. The maximum absolute atomic E-state index is 11.5. The van der Waals surface area contributed by atoms with Gasteiger partial charge in [0.1, 0.15) is 6.04 Å². The van der Waals surface area contributed by atoms with E-state index in [1.807, 2.05) is 43.3 Å². The fourth-order valence-electron chi connectivity index (χ4n) is 1.59. The molecule has 104 valence electrons. The SMILES string of the molecule is C[C@@H](NC(=O)CCc1ccc(N(C)C)cc1)C(=O)O. The summed E-state index contributed by atoms with van der Waals surface area (Å²) in [5.74, 6) is -1.27. The molecule has 0 spiro atoms. The zero-order valence-electron chi connectivity index (χ0n) is 11.5. The number of nitrogens with one attached hydrogen (secondary N) is 1. The third-order valence-electron chi connectivity index (χ3n) is 2.84. The van der Waals surface area contributed by atoms with Crippen LogP contribution >= 0.6 is 0 Å². The fourth-order valence-corrected chi connectivity index (χ4v) is 1.59. The first kappa shape index (κ1) is 15.0. The molecule has 0 saturated heterocycles. The van der Waals surface area contributed by atoms with Crippen molar-refractivity contribution in [2.45, 2.75) is 25.8 Å². The molecular weight excluding hydrogens is 244 g/mol. The third-order valence-corrected chi connectivity index (χ3v) is 2.84. The van der Waals surface area contributed by atoms with Crippen LogP contribution in [-0.2, 0) is 16.0 Å². The molecule has 0 radical (unpaired) electrons. The van der Waals surface area contributed by atoms with Crippen molar-refractivity contribution in [3.63, 3.8) is 0 Å². The second kappa shape index (κ2) is 6.78. The Morgan fingerprint density at radius 1 is 1.26 bits per heavy atom. The molecule has 19 heavy (non-hydrogen) atoms. The number of aliphatic carboxylic acids is 1. The second-order valence-corrected chi connectivity index (χ2v) is 4.69. The van der Waals surface area contributed by atoms with Crippen molar-refractivity contribution in [1.82, 2.24) is 5.32 Å². The molecule has 0 aromatic heterocycles. The zero-order chi connectivity index (χ0) is 14.4. The van der Waals surface area contributed by atoms with Crippen molar-refractivity contribution >= 4 is 17.6 Å². The van der Waals surface area contributed by atoms with E-state index in [0.717, 1.165) is 11.3 Å². The molecule has 2 N–H and O–H groups in total. The van der Waals surface area contributed by atoms with E-state index >= 15 is 0 Å². The lowest BCUT2D eigenvalue weighted by Crippen LogP contribution is -2.38. The first-order chi connectivity index (χ1) is 8.90. The van der Waals surface area contributed by atoms with Gasteiger partial charge in [0.25, 0.3) is 0 Å². The number of aryl methyl sites for hydroxylation is 1. The molecule has 0 aliphatic carbocycles. The number of carbonyl (C=O) groups excluding carboxylic acids is 1. The quantitative estimate of drug-likeness (QED) is 0.812. The number of anilines is 1. The van der Waals surface area contributed by atoms with Crippen molar-refractivity contribution in [3.05, 3.63) is 29.8 Å². The van der Waals surface area contributed by atoms with Gasteiger partial charge in [0, 0.05) is 26.2 Å². The standard InChI is InChI=1S/C14H20N2O3/c1-10(14(18)19)15-13(17)9-6-11-4-7-12(8-5-11)16(2)3/h4-5,7-8,10H,6,9H2,1-3H3,(H,15,17)(H,18,19)/t10-/m1/s1. The lowest BCUT2D eigenvalue weighted by molar-refractivity contribution is -0.141. The van der Waals surface area contributed by atoms with Gasteiger partial charge < -0.3 is 15.3 Å². The van der Waals surface area contributed by atoms with Crippen LogP contribution in [0.15, 0.2) is 24.3 Å². The van der Waals surface area contributed by atoms with Crippen molar-refractivity contribution < 1.29 is 14.7 Å². The summed E-state index contributed by atoms with van der Waals surface area (Å²) in [5.41, 5.74) is 2.16. The van der Waals surface area contributed by atoms with Gasteiger partial charge in [-0.1, -0.05) is 12.1 Å². The number of benzene rings is 1. The summed E-state index contributed by atoms with van der Waals surface area (Å²) < 4.78 is 0. The van der Waals surface area contributed by atoms with Crippen molar-refractivity contribution in [3.8, 4) is 0 Å². The van der Waals surface area contributed by atoms with Gasteiger partial charge in [-0.3, -0.25) is 9.59 Å². The van der Waals surface area contributed by atoms with Crippen LogP contribution in [-0.4, -0.2) is 37.1 Å². The topological polar surface area (TPSA) is 69.6 Å². The van der Waals surface area contributed by atoms with Gasteiger partial charge in [0.15, 0.2) is 0 Å². The van der Waals surface area contributed by atoms with E-state index in [0.29, 0.717) is 12.8 Å². The highest BCUT2D eigenvalue weighted by atomic mass is 16.4. The minimum atomic E-state index is -1.02. The summed E-state index contributed by atoms with van der Waals surface area (Å²) in [5, 5.41) is 11.1. The van der Waals surface area contributed by atoms with Crippen LogP contribution < -0.4 is 10.2 Å². The molecular formula is C14H20N2O3. The summed E-state index contributed by atoms with van der Waals surface area (Å²) in [6.07, 6.45) is 0.894. The number of carbonyl (C=O) groups is 2. The zero-order valence-corrected chi connectivity index (χ0v) is 11.5. The Morgan fingerprint density at radius 3 is 2.32 bits per heavy atom. The van der Waals surface area contributed by atoms with E-state index in [-0.39, 0.29) is 5.91 Å². The molecule has 1 aromatic rings. The molecule has 0 bridgehead atoms. The molecule has 0 heterocycles. The maximum atomic E-state index is 11.5. The van der Waals surface area contributed by atoms with E-state index in [9.17, 15) is 9.59 Å². The molecule has 0 saturated carbocycles. The molecule has 0 unspecified atom stereocenters. The molecule has 1 aromatic carbocycles. The summed E-state index contributed by atoms with van der Waals surface area (Å²) in [6, 6.07) is 7.09. The molecule has 1 amide bonds. The largest absolute Gasteiger partial charge is 0.480 e. The predicted octanol–water partition coefficient (Wildman–Crippen LogP) is 1.27. The second-order valence-electron chi connectivity index (χ2n) is 4.69. The molecule has 0 aliphatic heterocycles. The van der Waals surface area contributed by atoms with E-state index in [4.69, 9.17) is 5.11 Å². The summed E-state index contributed by atoms with van der Waals surface area (Å²) >= 11 is 0. The summed E-state index contributed by atoms with van der Waals surface area (Å²) in [7, 11) is 3.94. The molecule has 5 nitrogen and oxygen atoms in total. The highest BCUT2D eigenvalue weighted by molar-refractivity contribution is 5.83. The number of carboxylic acids is 1. The van der Waals surface area contributed by atoms with E-state index in [2.05, 4.69) is 5.32 Å². The number of nitrogens with zero attached hydrogens (tertiary/aromatic N) is 1. The smallest absolute Gasteiger partial charge is 0.325 e. The van der Waals surface area contributed by atoms with Crippen LogP contribution in [0.5, 0.6) is 0 Å². The molecule has 1 rings (SSSR count). The normalized spacial score (nSPS) is 11.7. The lowest BCUT2D eigenvalue weighted by atomic mass is 10.1. The van der Waals surface area contributed by atoms with Crippen molar-refractivity contribution in [2.24, 2.45) is 0 Å². The first-order valence-corrected chi connectivity index (χ1v) is 6.18. The summed E-state index contributed by atoms with van der Waals surface area (Å²) in [6.45, 7) is 1.45. The van der Waals surface area contributed by atoms with Crippen LogP contribution in [0, 0.1) is 0 Å². The highest BCUT2D eigenvalue weighted by Gasteiger charge is 2.13. The minimum Gasteiger partial charge on any atom is -0.480 e. The Balaban J connectivity index is 2.44. The average Bonchev–Trinajstić information content (AvgIpc) is 2.36. The summed E-state index contributed by atoms with van der Waals surface area (Å²) in [4.78, 5) is 24.1. The predicted molar refractivity (Wildman–Crippen MR) is 74.3 cm³/mol. The van der Waals surface area contributed by atoms with Gasteiger partial charge in [-0.25, -0.2) is 0 Å². The van der Waals surface area contributed by atoms with Gasteiger partial charge in [0.2, 0.25) is 5.91 Å². The minimum absolute atomic E-state index is 0.244. The monoisotopic (exact) mass is 264 g/mol. The Hall–Kier alpha value is -2.04. The Bertz CT molecular complexity index is 441. The molecule has 0 aliphatic rings. The Kier molecular flexibility index (Phi) is 5.36. The first-order valence-electron chi connectivity index (χ1n) is 6.18.